The smallest absolute Gasteiger partial charge is 0.416 e. The average molecular weight is 716 g/mol. The Labute approximate surface area is 299 Å². The Morgan fingerprint density at radius 3 is 2.24 bits per heavy atom. The zero-order valence-electron chi connectivity index (χ0n) is 29.9. The first-order valence-electron chi connectivity index (χ1n) is 18.5. The van der Waals surface area contributed by atoms with Gasteiger partial charge in [-0.2, -0.15) is 13.2 Å². The molecule has 0 spiro atoms. The van der Waals surface area contributed by atoms with Gasteiger partial charge in [0.05, 0.1) is 43.3 Å². The van der Waals surface area contributed by atoms with Crippen molar-refractivity contribution < 1.29 is 42.1 Å². The monoisotopic (exact) mass is 715 g/mol. The van der Waals surface area contributed by atoms with E-state index in [4.69, 9.17) is 14.2 Å². The first-order valence-corrected chi connectivity index (χ1v) is 18.5. The Kier molecular flexibility index (Phi) is 11.8. The highest BCUT2D eigenvalue weighted by molar-refractivity contribution is 5.82. The maximum Gasteiger partial charge on any atom is 0.416 e. The van der Waals surface area contributed by atoms with Crippen molar-refractivity contribution in [2.45, 2.75) is 88.1 Å². The van der Waals surface area contributed by atoms with E-state index in [1.54, 1.807) is 20.3 Å². The number of nitrogens with zero attached hydrogens (tertiary/aromatic N) is 3. The van der Waals surface area contributed by atoms with E-state index in [1.165, 1.54) is 6.07 Å². The van der Waals surface area contributed by atoms with Crippen molar-refractivity contribution in [1.29, 1.82) is 0 Å². The van der Waals surface area contributed by atoms with Crippen LogP contribution in [0.4, 0.5) is 18.9 Å². The second-order valence-electron chi connectivity index (χ2n) is 14.7. The van der Waals surface area contributed by atoms with E-state index in [2.05, 4.69) is 17.0 Å². The second-order valence-corrected chi connectivity index (χ2v) is 14.7. The molecule has 3 saturated heterocycles. The molecule has 0 unspecified atom stereocenters. The molecule has 9 nitrogen and oxygen atoms in total. The fourth-order valence-electron chi connectivity index (χ4n) is 8.96. The molecule has 12 heteroatoms. The lowest BCUT2D eigenvalue weighted by Gasteiger charge is -2.35. The third-order valence-electron chi connectivity index (χ3n) is 11.9. The molecule has 6 rings (SSSR count). The molecule has 3 heterocycles. The Morgan fingerprint density at radius 1 is 0.922 bits per heavy atom. The lowest BCUT2D eigenvalue weighted by Crippen LogP contribution is -2.44. The molecule has 2 aromatic rings. The molecule has 280 valence electrons. The van der Waals surface area contributed by atoms with E-state index in [0.717, 1.165) is 55.2 Å². The minimum Gasteiger partial charge on any atom is -0.497 e. The number of hydrogen-bond donors (Lipinski definition) is 1. The minimum absolute atomic E-state index is 0.0208. The van der Waals surface area contributed by atoms with Crippen molar-refractivity contribution in [2.75, 3.05) is 65.1 Å². The van der Waals surface area contributed by atoms with Gasteiger partial charge in [-0.05, 0) is 87.3 Å². The number of carboxylic acid groups (broad SMARTS) is 1. The predicted molar refractivity (Wildman–Crippen MR) is 187 cm³/mol. The number of likely N-dealkylation sites (tertiary alicyclic amines) is 2. The first kappa shape index (κ1) is 37.4. The zero-order valence-corrected chi connectivity index (χ0v) is 29.9. The minimum atomic E-state index is -4.52. The topological polar surface area (TPSA) is 91.8 Å². The van der Waals surface area contributed by atoms with Crippen LogP contribution in [0.3, 0.4) is 0 Å². The summed E-state index contributed by atoms with van der Waals surface area (Å²) in [4.78, 5) is 32.9. The molecular weight excluding hydrogens is 663 g/mol. The summed E-state index contributed by atoms with van der Waals surface area (Å²) >= 11 is 0. The number of aliphatic carboxylic acids is 1. The lowest BCUT2D eigenvalue weighted by atomic mass is 9.87. The van der Waals surface area contributed by atoms with Crippen LogP contribution in [-0.4, -0.2) is 105 Å². The standard InChI is InChI=1S/C39H52F3N3O6/c1-4-51-24-30-19-27(33-14-7-28(39(40,41)42)20-36(33)43-17-15-26(16-18-43)38(47)48)21-45(30)37(46)35-23-44(29-8-12-32(50-3)13-9-29)22-34(35)25-5-10-31(49-2)11-6-25/h5-7,10-11,14,20,26-27,29-30,32,34-35H,4,8-9,12-13,15-19,21-24H2,1-3H3,(H,47,48)/t27-,29?,30+,32?,34+,35-/m1/s1. The molecule has 4 fully saturated rings. The third kappa shape index (κ3) is 8.33. The highest BCUT2D eigenvalue weighted by atomic mass is 19.4. The van der Waals surface area contributed by atoms with Gasteiger partial charge in [0.25, 0.3) is 0 Å². The number of carboxylic acids is 1. The number of anilines is 1. The summed E-state index contributed by atoms with van der Waals surface area (Å²) < 4.78 is 59.0. The molecule has 51 heavy (non-hydrogen) atoms. The largest absolute Gasteiger partial charge is 0.497 e. The van der Waals surface area contributed by atoms with E-state index in [0.29, 0.717) is 70.4 Å². The van der Waals surface area contributed by atoms with Gasteiger partial charge in [-0.3, -0.25) is 14.5 Å². The number of benzene rings is 2. The number of amides is 1. The molecule has 0 aromatic heterocycles. The first-order chi connectivity index (χ1) is 24.5. The van der Waals surface area contributed by atoms with Gasteiger partial charge in [-0.15, -0.1) is 0 Å². The number of halogens is 3. The highest BCUT2D eigenvalue weighted by Gasteiger charge is 2.47. The van der Waals surface area contributed by atoms with E-state index in [9.17, 15) is 27.9 Å². The van der Waals surface area contributed by atoms with Gasteiger partial charge < -0.3 is 29.1 Å². The molecule has 0 bridgehead atoms. The molecule has 0 radical (unpaired) electrons. The highest BCUT2D eigenvalue weighted by Crippen LogP contribution is 2.44. The van der Waals surface area contributed by atoms with E-state index >= 15 is 0 Å². The van der Waals surface area contributed by atoms with Crippen LogP contribution in [0.5, 0.6) is 5.75 Å². The summed E-state index contributed by atoms with van der Waals surface area (Å²) in [7, 11) is 3.41. The van der Waals surface area contributed by atoms with Gasteiger partial charge in [0.2, 0.25) is 5.91 Å². The van der Waals surface area contributed by atoms with Gasteiger partial charge in [-0.1, -0.05) is 18.2 Å². The summed E-state index contributed by atoms with van der Waals surface area (Å²) in [5.74, 6) is -1.07. The van der Waals surface area contributed by atoms with Crippen molar-refractivity contribution >= 4 is 17.6 Å². The van der Waals surface area contributed by atoms with E-state index < -0.39 is 23.6 Å². The third-order valence-corrected chi connectivity index (χ3v) is 11.9. The average Bonchev–Trinajstić information content (AvgIpc) is 3.79. The van der Waals surface area contributed by atoms with E-state index in [1.807, 2.05) is 28.9 Å². The summed E-state index contributed by atoms with van der Waals surface area (Å²) in [5, 5.41) is 9.54. The van der Waals surface area contributed by atoms with Crippen molar-refractivity contribution in [3.05, 3.63) is 59.2 Å². The van der Waals surface area contributed by atoms with Gasteiger partial charge in [0, 0.05) is 70.0 Å². The number of alkyl halides is 3. The summed E-state index contributed by atoms with van der Waals surface area (Å²) in [6.45, 7) is 5.27. The Morgan fingerprint density at radius 2 is 1.63 bits per heavy atom. The van der Waals surface area contributed by atoms with Crippen LogP contribution in [0.25, 0.3) is 0 Å². The van der Waals surface area contributed by atoms with Crippen LogP contribution in [0, 0.1) is 11.8 Å². The summed E-state index contributed by atoms with van der Waals surface area (Å²) in [5.41, 5.74) is 1.61. The number of hydrogen-bond acceptors (Lipinski definition) is 7. The van der Waals surface area contributed by atoms with Crippen LogP contribution in [0.15, 0.2) is 42.5 Å². The number of methoxy groups -OCH3 is 2. The number of carbonyl (C=O) groups is 2. The Hall–Kier alpha value is -3.35. The Balaban J connectivity index is 1.28. The Bertz CT molecular complexity index is 1490. The fourth-order valence-corrected chi connectivity index (χ4v) is 8.96. The number of ether oxygens (including phenoxy) is 3. The van der Waals surface area contributed by atoms with Gasteiger partial charge in [-0.25, -0.2) is 0 Å². The molecule has 1 N–H and O–H groups in total. The van der Waals surface area contributed by atoms with Gasteiger partial charge in [0.15, 0.2) is 0 Å². The van der Waals surface area contributed by atoms with Crippen molar-refractivity contribution in [1.82, 2.24) is 9.80 Å². The molecular formula is C39H52F3N3O6. The maximum absolute atomic E-state index is 14.9. The van der Waals surface area contributed by atoms with Crippen LogP contribution in [-0.2, 0) is 25.2 Å². The van der Waals surface area contributed by atoms with Crippen molar-refractivity contribution in [3.8, 4) is 5.75 Å². The number of rotatable bonds is 11. The van der Waals surface area contributed by atoms with E-state index in [-0.39, 0.29) is 35.8 Å². The van der Waals surface area contributed by atoms with Crippen LogP contribution < -0.4 is 9.64 Å². The lowest BCUT2D eigenvalue weighted by molar-refractivity contribution is -0.142. The SMILES string of the molecule is CCOC[C@@H]1C[C@@H](c2ccc(C(F)(F)F)cc2N2CCC(C(=O)O)CC2)CN1C(=O)[C@@H]1CN(C2CCC(OC)CC2)C[C@H]1c1ccc(OC)cc1. The molecule has 3 aliphatic heterocycles. The maximum atomic E-state index is 14.9. The quantitative estimate of drug-likeness (QED) is 0.286. The second kappa shape index (κ2) is 16.1. The molecule has 4 aliphatic rings. The van der Waals surface area contributed by atoms with Gasteiger partial charge in [0.1, 0.15) is 5.75 Å². The molecule has 1 saturated carbocycles. The normalized spacial score (nSPS) is 28.0. The number of carbonyl (C=O) groups excluding carboxylic acids is 1. The zero-order chi connectivity index (χ0) is 36.3. The fraction of sp³-hybridized carbons (Fsp3) is 0.641. The van der Waals surface area contributed by atoms with Crippen LogP contribution in [0.2, 0.25) is 0 Å². The summed E-state index contributed by atoms with van der Waals surface area (Å²) in [6.07, 6.45) is 1.10. The molecule has 1 aliphatic carbocycles. The van der Waals surface area contributed by atoms with Crippen LogP contribution in [0.1, 0.15) is 80.4 Å². The molecule has 1 amide bonds. The molecule has 4 atom stereocenters. The number of piperidine rings is 1. The van der Waals surface area contributed by atoms with Gasteiger partial charge >= 0.3 is 12.1 Å². The van der Waals surface area contributed by atoms with Crippen molar-refractivity contribution in [2.24, 2.45) is 11.8 Å². The summed E-state index contributed by atoms with van der Waals surface area (Å²) in [6, 6.07) is 12.1. The molecule has 2 aromatic carbocycles. The van der Waals surface area contributed by atoms with Crippen molar-refractivity contribution in [3.63, 3.8) is 0 Å². The predicted octanol–water partition coefficient (Wildman–Crippen LogP) is 6.41. The van der Waals surface area contributed by atoms with Crippen LogP contribution >= 0.6 is 0 Å².